The number of nitrogens with one attached hydrogen (secondary N) is 1. The van der Waals surface area contributed by atoms with Gasteiger partial charge in [0, 0.05) is 15.6 Å². The SMILES string of the molecule is CNCc1ncc(-c2cc(Cl)cc(Cl)c2)o1. The van der Waals surface area contributed by atoms with Gasteiger partial charge in [-0.25, -0.2) is 4.98 Å². The Morgan fingerprint density at radius 2 is 1.94 bits per heavy atom. The molecule has 0 aliphatic rings. The average Bonchev–Trinajstić information content (AvgIpc) is 2.65. The molecule has 3 nitrogen and oxygen atoms in total. The van der Waals surface area contributed by atoms with E-state index in [1.54, 1.807) is 24.4 Å². The molecular weight excluding hydrogens is 247 g/mol. The minimum atomic E-state index is 0.578. The van der Waals surface area contributed by atoms with Crippen LogP contribution in [0.1, 0.15) is 5.89 Å². The molecule has 0 spiro atoms. The molecule has 5 heteroatoms. The molecule has 0 saturated heterocycles. The molecule has 1 aromatic carbocycles. The highest BCUT2D eigenvalue weighted by atomic mass is 35.5. The Balaban J connectivity index is 2.34. The van der Waals surface area contributed by atoms with Gasteiger partial charge < -0.3 is 9.73 Å². The number of oxazole rings is 1. The largest absolute Gasteiger partial charge is 0.439 e. The molecule has 0 aliphatic carbocycles. The van der Waals surface area contributed by atoms with Crippen LogP contribution in [-0.4, -0.2) is 12.0 Å². The fraction of sp³-hybridized carbons (Fsp3) is 0.182. The summed E-state index contributed by atoms with van der Waals surface area (Å²) in [5.74, 6) is 1.29. The van der Waals surface area contributed by atoms with Crippen LogP contribution in [0.5, 0.6) is 0 Å². The third-order valence-electron chi connectivity index (χ3n) is 2.03. The second kappa shape index (κ2) is 4.87. The molecule has 1 aromatic heterocycles. The second-order valence-corrected chi connectivity index (χ2v) is 4.18. The van der Waals surface area contributed by atoms with Gasteiger partial charge in [-0.15, -0.1) is 0 Å². The van der Waals surface area contributed by atoms with Gasteiger partial charge in [0.05, 0.1) is 12.7 Å². The highest BCUT2D eigenvalue weighted by molar-refractivity contribution is 6.35. The van der Waals surface area contributed by atoms with Crippen LogP contribution >= 0.6 is 23.2 Å². The van der Waals surface area contributed by atoms with Crippen LogP contribution < -0.4 is 5.32 Å². The first kappa shape index (κ1) is 11.5. The summed E-state index contributed by atoms with van der Waals surface area (Å²) in [7, 11) is 1.83. The van der Waals surface area contributed by atoms with E-state index in [-0.39, 0.29) is 0 Å². The lowest BCUT2D eigenvalue weighted by Gasteiger charge is -1.99. The van der Waals surface area contributed by atoms with Gasteiger partial charge in [-0.05, 0) is 25.2 Å². The molecule has 84 valence electrons. The van der Waals surface area contributed by atoms with Gasteiger partial charge in [0.25, 0.3) is 0 Å². The summed E-state index contributed by atoms with van der Waals surface area (Å²) in [4.78, 5) is 4.13. The van der Waals surface area contributed by atoms with Crippen molar-refractivity contribution >= 4 is 23.2 Å². The molecule has 0 radical (unpaired) electrons. The molecule has 1 N–H and O–H groups in total. The number of benzene rings is 1. The van der Waals surface area contributed by atoms with E-state index in [0.717, 1.165) is 5.56 Å². The highest BCUT2D eigenvalue weighted by Crippen LogP contribution is 2.27. The average molecular weight is 257 g/mol. The molecule has 0 atom stereocenters. The third kappa shape index (κ3) is 2.55. The first-order chi connectivity index (χ1) is 7.69. The molecule has 0 aliphatic heterocycles. The predicted molar refractivity (Wildman–Crippen MR) is 64.7 cm³/mol. The van der Waals surface area contributed by atoms with Crippen molar-refractivity contribution in [2.24, 2.45) is 0 Å². The standard InChI is InChI=1S/C11H10Cl2N2O/c1-14-6-11-15-5-10(16-11)7-2-8(12)4-9(13)3-7/h2-5,14H,6H2,1H3. The van der Waals surface area contributed by atoms with E-state index in [1.165, 1.54) is 0 Å². The van der Waals surface area contributed by atoms with Crippen LogP contribution in [0.3, 0.4) is 0 Å². The fourth-order valence-corrected chi connectivity index (χ4v) is 1.90. The van der Waals surface area contributed by atoms with Crippen molar-refractivity contribution in [3.63, 3.8) is 0 Å². The molecule has 1 heterocycles. The first-order valence-electron chi connectivity index (χ1n) is 4.75. The van der Waals surface area contributed by atoms with E-state index in [4.69, 9.17) is 27.6 Å². The zero-order chi connectivity index (χ0) is 11.5. The van der Waals surface area contributed by atoms with Crippen molar-refractivity contribution in [3.8, 4) is 11.3 Å². The summed E-state index contributed by atoms with van der Waals surface area (Å²) in [5, 5.41) is 4.12. The number of rotatable bonds is 3. The minimum absolute atomic E-state index is 0.578. The summed E-state index contributed by atoms with van der Waals surface area (Å²) < 4.78 is 5.53. The molecule has 16 heavy (non-hydrogen) atoms. The van der Waals surface area contributed by atoms with Crippen LogP contribution in [0.15, 0.2) is 28.8 Å². The Bertz CT molecular complexity index is 476. The van der Waals surface area contributed by atoms with Crippen LogP contribution in [0.2, 0.25) is 10.0 Å². The quantitative estimate of drug-likeness (QED) is 0.916. The van der Waals surface area contributed by atoms with E-state index in [2.05, 4.69) is 10.3 Å². The van der Waals surface area contributed by atoms with Gasteiger partial charge in [-0.1, -0.05) is 23.2 Å². The maximum Gasteiger partial charge on any atom is 0.208 e. The van der Waals surface area contributed by atoms with Crippen molar-refractivity contribution in [1.82, 2.24) is 10.3 Å². The summed E-state index contributed by atoms with van der Waals surface area (Å²) in [6.45, 7) is 0.592. The molecule has 2 rings (SSSR count). The highest BCUT2D eigenvalue weighted by Gasteiger charge is 2.07. The number of aromatic nitrogens is 1. The Hall–Kier alpha value is -1.03. The van der Waals surface area contributed by atoms with Gasteiger partial charge >= 0.3 is 0 Å². The number of hydrogen-bond donors (Lipinski definition) is 1. The molecule has 0 unspecified atom stereocenters. The number of halogens is 2. The van der Waals surface area contributed by atoms with E-state index in [1.807, 2.05) is 7.05 Å². The topological polar surface area (TPSA) is 38.1 Å². The van der Waals surface area contributed by atoms with Gasteiger partial charge in [0.1, 0.15) is 0 Å². The zero-order valence-corrected chi connectivity index (χ0v) is 10.1. The van der Waals surface area contributed by atoms with Crippen LogP contribution in [0.25, 0.3) is 11.3 Å². The fourth-order valence-electron chi connectivity index (χ4n) is 1.37. The van der Waals surface area contributed by atoms with Crippen molar-refractivity contribution in [2.75, 3.05) is 7.05 Å². The maximum absolute atomic E-state index is 5.91. The third-order valence-corrected chi connectivity index (χ3v) is 2.47. The van der Waals surface area contributed by atoms with E-state index >= 15 is 0 Å². The summed E-state index contributed by atoms with van der Waals surface area (Å²) in [6.07, 6.45) is 1.66. The number of hydrogen-bond acceptors (Lipinski definition) is 3. The predicted octanol–water partition coefficient (Wildman–Crippen LogP) is 3.37. The minimum Gasteiger partial charge on any atom is -0.439 e. The molecule has 0 amide bonds. The molecule has 0 saturated carbocycles. The Morgan fingerprint density at radius 1 is 1.25 bits per heavy atom. The molecule has 0 bridgehead atoms. The van der Waals surface area contributed by atoms with Crippen LogP contribution in [-0.2, 0) is 6.54 Å². The Labute approximate surface area is 103 Å². The first-order valence-corrected chi connectivity index (χ1v) is 5.50. The second-order valence-electron chi connectivity index (χ2n) is 3.31. The molecule has 0 fully saturated rings. The van der Waals surface area contributed by atoms with E-state index < -0.39 is 0 Å². The van der Waals surface area contributed by atoms with E-state index in [9.17, 15) is 0 Å². The lowest BCUT2D eigenvalue weighted by Crippen LogP contribution is -2.04. The summed E-state index contributed by atoms with van der Waals surface area (Å²) >= 11 is 11.8. The zero-order valence-electron chi connectivity index (χ0n) is 8.63. The van der Waals surface area contributed by atoms with Gasteiger partial charge in [0.15, 0.2) is 5.76 Å². The van der Waals surface area contributed by atoms with Crippen molar-refractivity contribution in [1.29, 1.82) is 0 Å². The molecular formula is C11H10Cl2N2O. The summed E-state index contributed by atoms with van der Waals surface area (Å²) in [6, 6.07) is 5.26. The van der Waals surface area contributed by atoms with Gasteiger partial charge in [-0.3, -0.25) is 0 Å². The lowest BCUT2D eigenvalue weighted by molar-refractivity contribution is 0.491. The van der Waals surface area contributed by atoms with E-state index in [0.29, 0.717) is 28.2 Å². The Morgan fingerprint density at radius 3 is 2.56 bits per heavy atom. The van der Waals surface area contributed by atoms with Gasteiger partial charge in [-0.2, -0.15) is 0 Å². The monoisotopic (exact) mass is 256 g/mol. The number of nitrogens with zero attached hydrogens (tertiary/aromatic N) is 1. The van der Waals surface area contributed by atoms with Crippen molar-refractivity contribution in [2.45, 2.75) is 6.54 Å². The van der Waals surface area contributed by atoms with Crippen molar-refractivity contribution < 1.29 is 4.42 Å². The molecule has 2 aromatic rings. The lowest BCUT2D eigenvalue weighted by atomic mass is 10.2. The smallest absolute Gasteiger partial charge is 0.208 e. The summed E-state index contributed by atoms with van der Waals surface area (Å²) in [5.41, 5.74) is 0.826. The van der Waals surface area contributed by atoms with Crippen LogP contribution in [0.4, 0.5) is 0 Å². The van der Waals surface area contributed by atoms with Crippen LogP contribution in [0, 0.1) is 0 Å². The van der Waals surface area contributed by atoms with Gasteiger partial charge in [0.2, 0.25) is 5.89 Å². The van der Waals surface area contributed by atoms with Crippen molar-refractivity contribution in [3.05, 3.63) is 40.3 Å². The normalized spacial score (nSPS) is 10.7. The Kier molecular flexibility index (Phi) is 3.49. The maximum atomic E-state index is 5.91.